The largest absolute Gasteiger partial charge is 0.418 e. The number of hydrogen-bond acceptors (Lipinski definition) is 3. The van der Waals surface area contributed by atoms with Crippen LogP contribution in [-0.4, -0.2) is 34.3 Å². The number of carbonyl (C=O) groups excluding carboxylic acids is 1. The second-order valence-corrected chi connectivity index (χ2v) is 7.32. The molecule has 0 aliphatic heterocycles. The Hall–Kier alpha value is -1.81. The van der Waals surface area contributed by atoms with Crippen LogP contribution in [0.15, 0.2) is 42.7 Å². The topological polar surface area (TPSA) is 49.8 Å². The van der Waals surface area contributed by atoms with Gasteiger partial charge in [0, 0.05) is 18.0 Å². The summed E-state index contributed by atoms with van der Waals surface area (Å²) >= 11 is 0. The number of nitrogens with zero attached hydrogens (tertiary/aromatic N) is 1. The van der Waals surface area contributed by atoms with Crippen molar-refractivity contribution in [1.82, 2.24) is 4.90 Å². The van der Waals surface area contributed by atoms with Crippen molar-refractivity contribution in [2.45, 2.75) is 66.2 Å². The molecule has 0 radical (unpaired) electrons. The molecule has 1 amide bonds. The van der Waals surface area contributed by atoms with Gasteiger partial charge in [0.05, 0.1) is 12.4 Å². The summed E-state index contributed by atoms with van der Waals surface area (Å²) in [5.74, 6) is 0.0126. The van der Waals surface area contributed by atoms with Gasteiger partial charge in [0.1, 0.15) is 0 Å². The van der Waals surface area contributed by atoms with E-state index in [4.69, 9.17) is 4.74 Å². The van der Waals surface area contributed by atoms with E-state index in [1.54, 1.807) is 11.0 Å². The Labute approximate surface area is 152 Å². The van der Waals surface area contributed by atoms with Gasteiger partial charge in [-0.05, 0) is 51.7 Å². The molecule has 0 saturated heterocycles. The molecule has 0 heterocycles. The fourth-order valence-electron chi connectivity index (χ4n) is 3.04. The fraction of sp³-hybridized carbons (Fsp3) is 0.571. The minimum absolute atomic E-state index is 0.0785. The van der Waals surface area contributed by atoms with Crippen molar-refractivity contribution in [2.75, 3.05) is 0 Å². The van der Waals surface area contributed by atoms with Crippen molar-refractivity contribution in [3.05, 3.63) is 48.2 Å². The summed E-state index contributed by atoms with van der Waals surface area (Å²) in [6.45, 7) is 11.8. The Bertz CT molecular complexity index is 531. The SMILES string of the molecule is CC(C)N(C(=O)O/C=C\[C@H](C)[C@H](O)[C@@H](C)Cc1ccccc1)C(C)C. The van der Waals surface area contributed by atoms with E-state index in [1.807, 2.05) is 59.7 Å². The van der Waals surface area contributed by atoms with Gasteiger partial charge in [0.15, 0.2) is 0 Å². The maximum Gasteiger partial charge on any atom is 0.415 e. The Morgan fingerprint density at radius 2 is 1.64 bits per heavy atom. The lowest BCUT2D eigenvalue weighted by atomic mass is 9.88. The molecule has 1 aromatic carbocycles. The zero-order valence-electron chi connectivity index (χ0n) is 16.3. The van der Waals surface area contributed by atoms with Crippen LogP contribution in [0, 0.1) is 11.8 Å². The maximum atomic E-state index is 12.1. The summed E-state index contributed by atoms with van der Waals surface area (Å²) in [6.07, 6.45) is 3.11. The molecular formula is C21H33NO3. The lowest BCUT2D eigenvalue weighted by molar-refractivity contribution is 0.0805. The van der Waals surface area contributed by atoms with Crippen molar-refractivity contribution in [2.24, 2.45) is 11.8 Å². The molecule has 0 unspecified atom stereocenters. The molecule has 3 atom stereocenters. The van der Waals surface area contributed by atoms with Crippen molar-refractivity contribution in [1.29, 1.82) is 0 Å². The molecule has 140 valence electrons. The smallest absolute Gasteiger partial charge is 0.415 e. The highest BCUT2D eigenvalue weighted by Crippen LogP contribution is 2.19. The highest BCUT2D eigenvalue weighted by atomic mass is 16.5. The van der Waals surface area contributed by atoms with Crippen molar-refractivity contribution in [3.63, 3.8) is 0 Å². The minimum Gasteiger partial charge on any atom is -0.418 e. The molecule has 1 aromatic rings. The molecule has 0 aliphatic rings. The zero-order valence-corrected chi connectivity index (χ0v) is 16.3. The standard InChI is InChI=1S/C21H33NO3/c1-15(2)22(16(3)4)21(24)25-13-12-17(5)20(23)18(6)14-19-10-8-7-9-11-19/h7-13,15-18,20,23H,14H2,1-6H3/b13-12-/t17-,18-,20-/m0/s1. The van der Waals surface area contributed by atoms with Crippen LogP contribution in [0.1, 0.15) is 47.1 Å². The Morgan fingerprint density at radius 3 is 2.16 bits per heavy atom. The lowest BCUT2D eigenvalue weighted by Crippen LogP contribution is -2.41. The third-order valence-electron chi connectivity index (χ3n) is 4.40. The molecule has 4 heteroatoms. The summed E-state index contributed by atoms with van der Waals surface area (Å²) in [5, 5.41) is 10.5. The van der Waals surface area contributed by atoms with Crippen LogP contribution in [-0.2, 0) is 11.2 Å². The normalized spacial score (nSPS) is 15.4. The fourth-order valence-corrected chi connectivity index (χ4v) is 3.04. The number of carbonyl (C=O) groups is 1. The van der Waals surface area contributed by atoms with Gasteiger partial charge in [-0.3, -0.25) is 0 Å². The van der Waals surface area contributed by atoms with E-state index in [-0.39, 0.29) is 30.0 Å². The summed E-state index contributed by atoms with van der Waals surface area (Å²) < 4.78 is 5.24. The summed E-state index contributed by atoms with van der Waals surface area (Å²) in [4.78, 5) is 13.8. The molecular weight excluding hydrogens is 314 g/mol. The molecule has 0 bridgehead atoms. The van der Waals surface area contributed by atoms with Crippen LogP contribution >= 0.6 is 0 Å². The first kappa shape index (κ1) is 21.2. The molecule has 1 N–H and O–H groups in total. The third kappa shape index (κ3) is 6.91. The third-order valence-corrected chi connectivity index (χ3v) is 4.40. The summed E-state index contributed by atoms with van der Waals surface area (Å²) in [5.41, 5.74) is 1.21. The van der Waals surface area contributed by atoms with E-state index in [2.05, 4.69) is 12.1 Å². The lowest BCUT2D eigenvalue weighted by Gasteiger charge is -2.29. The highest BCUT2D eigenvalue weighted by Gasteiger charge is 2.22. The molecule has 4 nitrogen and oxygen atoms in total. The molecule has 1 rings (SSSR count). The maximum absolute atomic E-state index is 12.1. The van der Waals surface area contributed by atoms with Gasteiger partial charge in [-0.25, -0.2) is 4.79 Å². The molecule has 0 aromatic heterocycles. The Kier molecular flexibility index (Phi) is 8.70. The first-order valence-electron chi connectivity index (χ1n) is 9.11. The number of hydrogen-bond donors (Lipinski definition) is 1. The average molecular weight is 347 g/mol. The first-order chi connectivity index (χ1) is 11.7. The van der Waals surface area contributed by atoms with Gasteiger partial charge in [-0.2, -0.15) is 0 Å². The number of rotatable bonds is 8. The molecule has 0 spiro atoms. The number of amides is 1. The van der Waals surface area contributed by atoms with Gasteiger partial charge in [-0.15, -0.1) is 0 Å². The predicted octanol–water partition coefficient (Wildman–Crippen LogP) is 4.63. The van der Waals surface area contributed by atoms with E-state index in [1.165, 1.54) is 11.8 Å². The number of aliphatic hydroxyl groups excluding tert-OH is 1. The summed E-state index contributed by atoms with van der Waals surface area (Å²) in [7, 11) is 0. The highest BCUT2D eigenvalue weighted by molar-refractivity contribution is 5.68. The van der Waals surface area contributed by atoms with Crippen LogP contribution in [0.25, 0.3) is 0 Å². The first-order valence-corrected chi connectivity index (χ1v) is 9.11. The van der Waals surface area contributed by atoms with Crippen molar-refractivity contribution >= 4 is 6.09 Å². The average Bonchev–Trinajstić information content (AvgIpc) is 2.54. The van der Waals surface area contributed by atoms with Crippen LogP contribution in [0.2, 0.25) is 0 Å². The second kappa shape index (κ2) is 10.2. The zero-order chi connectivity index (χ0) is 19.0. The number of benzene rings is 1. The van der Waals surface area contributed by atoms with E-state index in [9.17, 15) is 9.90 Å². The molecule has 0 saturated carbocycles. The van der Waals surface area contributed by atoms with Gasteiger partial charge in [0.2, 0.25) is 0 Å². The van der Waals surface area contributed by atoms with Crippen LogP contribution < -0.4 is 0 Å². The molecule has 0 fully saturated rings. The van der Waals surface area contributed by atoms with E-state index >= 15 is 0 Å². The number of ether oxygens (including phenoxy) is 1. The second-order valence-electron chi connectivity index (χ2n) is 7.32. The Balaban J connectivity index is 2.54. The predicted molar refractivity (Wildman–Crippen MR) is 102 cm³/mol. The molecule has 25 heavy (non-hydrogen) atoms. The van der Waals surface area contributed by atoms with E-state index < -0.39 is 6.10 Å². The van der Waals surface area contributed by atoms with Crippen molar-refractivity contribution in [3.8, 4) is 0 Å². The van der Waals surface area contributed by atoms with Gasteiger partial charge >= 0.3 is 6.09 Å². The molecule has 0 aliphatic carbocycles. The summed E-state index contributed by atoms with van der Waals surface area (Å²) in [6, 6.07) is 10.3. The minimum atomic E-state index is -0.499. The van der Waals surface area contributed by atoms with Crippen molar-refractivity contribution < 1.29 is 14.6 Å². The van der Waals surface area contributed by atoms with Crippen LogP contribution in [0.5, 0.6) is 0 Å². The monoisotopic (exact) mass is 347 g/mol. The Morgan fingerprint density at radius 1 is 1.08 bits per heavy atom. The van der Waals surface area contributed by atoms with Gasteiger partial charge < -0.3 is 14.7 Å². The van der Waals surface area contributed by atoms with Gasteiger partial charge in [0.25, 0.3) is 0 Å². The number of aliphatic hydroxyl groups is 1. The van der Waals surface area contributed by atoms with E-state index in [0.29, 0.717) is 0 Å². The van der Waals surface area contributed by atoms with E-state index in [0.717, 1.165) is 6.42 Å². The quantitative estimate of drug-likeness (QED) is 0.698. The van der Waals surface area contributed by atoms with Crippen LogP contribution in [0.4, 0.5) is 4.79 Å². The van der Waals surface area contributed by atoms with Crippen LogP contribution in [0.3, 0.4) is 0 Å². The van der Waals surface area contributed by atoms with Gasteiger partial charge in [-0.1, -0.05) is 44.2 Å².